The Morgan fingerprint density at radius 1 is 1.00 bits per heavy atom. The predicted octanol–water partition coefficient (Wildman–Crippen LogP) is 4.40. The second-order valence-electron chi connectivity index (χ2n) is 5.68. The molecule has 0 saturated heterocycles. The summed E-state index contributed by atoms with van der Waals surface area (Å²) in [6.07, 6.45) is 0.336. The molecule has 0 N–H and O–H groups in total. The van der Waals surface area contributed by atoms with Crippen LogP contribution in [0.25, 0.3) is 0 Å². The zero-order valence-electron chi connectivity index (χ0n) is 14.3. The van der Waals surface area contributed by atoms with Crippen LogP contribution in [0.4, 0.5) is 0 Å². The third kappa shape index (κ3) is 4.35. The molecule has 2 aromatic carbocycles. The Morgan fingerprint density at radius 2 is 1.65 bits per heavy atom. The molecule has 0 radical (unpaired) electrons. The molecule has 2 rings (SSSR count). The summed E-state index contributed by atoms with van der Waals surface area (Å²) in [5.74, 6) is 0.620. The van der Waals surface area contributed by atoms with Crippen molar-refractivity contribution in [3.63, 3.8) is 0 Å². The van der Waals surface area contributed by atoms with E-state index in [1.54, 1.807) is 7.11 Å². The number of carbonyl (C=O) groups excluding carboxylic acids is 1. The molecule has 0 fully saturated rings. The maximum atomic E-state index is 12.0. The molecule has 0 aliphatic carbocycles. The van der Waals surface area contributed by atoms with Crippen LogP contribution in [0.5, 0.6) is 5.75 Å². The van der Waals surface area contributed by atoms with Gasteiger partial charge in [-0.3, -0.25) is 4.79 Å². The normalized spacial score (nSPS) is 11.8. The second-order valence-corrected chi connectivity index (χ2v) is 5.68. The van der Waals surface area contributed by atoms with E-state index in [0.717, 1.165) is 16.9 Å². The van der Waals surface area contributed by atoms with Gasteiger partial charge in [-0.15, -0.1) is 0 Å². The molecule has 0 bridgehead atoms. The first kappa shape index (κ1) is 17.1. The minimum Gasteiger partial charge on any atom is -0.497 e. The van der Waals surface area contributed by atoms with Gasteiger partial charge < -0.3 is 9.47 Å². The highest BCUT2D eigenvalue weighted by Gasteiger charge is 2.19. The molecule has 0 aromatic heterocycles. The van der Waals surface area contributed by atoms with Gasteiger partial charge in [0.15, 0.2) is 0 Å². The summed E-state index contributed by atoms with van der Waals surface area (Å²) < 4.78 is 10.4. The summed E-state index contributed by atoms with van der Waals surface area (Å²) in [5.41, 5.74) is 4.69. The quantitative estimate of drug-likeness (QED) is 0.742. The molecule has 0 amide bonds. The van der Waals surface area contributed by atoms with Crippen LogP contribution in [0, 0.1) is 13.8 Å². The summed E-state index contributed by atoms with van der Waals surface area (Å²) >= 11 is 0. The Morgan fingerprint density at radius 3 is 2.22 bits per heavy atom. The number of methoxy groups -OCH3 is 1. The zero-order chi connectivity index (χ0) is 16.8. The van der Waals surface area contributed by atoms with Crippen LogP contribution in [0.2, 0.25) is 0 Å². The van der Waals surface area contributed by atoms with Gasteiger partial charge in [0, 0.05) is 5.92 Å². The molecule has 0 aliphatic rings. The van der Waals surface area contributed by atoms with Crippen LogP contribution >= 0.6 is 0 Å². The van der Waals surface area contributed by atoms with Gasteiger partial charge in [0.05, 0.1) is 20.1 Å². The van der Waals surface area contributed by atoms with Gasteiger partial charge in [0.1, 0.15) is 5.75 Å². The molecule has 1 atom stereocenters. The smallest absolute Gasteiger partial charge is 0.306 e. The standard InChI is InChI=1S/C20H24O3/c1-5-23-20(21)13-19(16-8-10-18(22-4)11-9-16)17-7-6-14(2)15(3)12-17/h6-12,19H,5,13H2,1-4H3. The Hall–Kier alpha value is -2.29. The van der Waals surface area contributed by atoms with Crippen LogP contribution < -0.4 is 4.74 Å². The molecular weight excluding hydrogens is 288 g/mol. The fourth-order valence-corrected chi connectivity index (χ4v) is 2.63. The number of aryl methyl sites for hydroxylation is 2. The first-order chi connectivity index (χ1) is 11.0. The average molecular weight is 312 g/mol. The second kappa shape index (κ2) is 7.82. The number of hydrogen-bond acceptors (Lipinski definition) is 3. The molecule has 0 heterocycles. The molecule has 0 saturated carbocycles. The largest absolute Gasteiger partial charge is 0.497 e. The average Bonchev–Trinajstić information content (AvgIpc) is 2.56. The van der Waals surface area contributed by atoms with E-state index in [9.17, 15) is 4.79 Å². The summed E-state index contributed by atoms with van der Waals surface area (Å²) in [4.78, 5) is 12.0. The number of esters is 1. The van der Waals surface area contributed by atoms with E-state index < -0.39 is 0 Å². The maximum Gasteiger partial charge on any atom is 0.306 e. The van der Waals surface area contributed by atoms with Crippen LogP contribution in [-0.2, 0) is 9.53 Å². The van der Waals surface area contributed by atoms with Crippen molar-refractivity contribution in [2.75, 3.05) is 13.7 Å². The lowest BCUT2D eigenvalue weighted by Gasteiger charge is -2.19. The lowest BCUT2D eigenvalue weighted by molar-refractivity contribution is -0.143. The van der Waals surface area contributed by atoms with Crippen LogP contribution in [-0.4, -0.2) is 19.7 Å². The van der Waals surface area contributed by atoms with Gasteiger partial charge in [0.25, 0.3) is 0 Å². The Bertz CT molecular complexity index is 659. The number of hydrogen-bond donors (Lipinski definition) is 0. The van der Waals surface area contributed by atoms with E-state index in [1.807, 2.05) is 31.2 Å². The minimum atomic E-state index is -0.174. The van der Waals surface area contributed by atoms with Crippen molar-refractivity contribution in [3.05, 3.63) is 64.7 Å². The lowest BCUT2D eigenvalue weighted by Crippen LogP contribution is -2.12. The third-order valence-electron chi connectivity index (χ3n) is 4.13. The Kier molecular flexibility index (Phi) is 5.80. The maximum absolute atomic E-state index is 12.0. The van der Waals surface area contributed by atoms with Gasteiger partial charge in [-0.25, -0.2) is 0 Å². The van der Waals surface area contributed by atoms with Gasteiger partial charge in [-0.1, -0.05) is 30.3 Å². The first-order valence-electron chi connectivity index (χ1n) is 7.91. The Labute approximate surface area is 138 Å². The monoisotopic (exact) mass is 312 g/mol. The number of carbonyl (C=O) groups is 1. The van der Waals surface area contributed by atoms with E-state index in [0.29, 0.717) is 13.0 Å². The van der Waals surface area contributed by atoms with Crippen molar-refractivity contribution in [1.82, 2.24) is 0 Å². The first-order valence-corrected chi connectivity index (χ1v) is 7.91. The van der Waals surface area contributed by atoms with Crippen molar-refractivity contribution in [1.29, 1.82) is 0 Å². The summed E-state index contributed by atoms with van der Waals surface area (Å²) in [6.45, 7) is 6.42. The van der Waals surface area contributed by atoms with Crippen LogP contribution in [0.3, 0.4) is 0 Å². The fraction of sp³-hybridized carbons (Fsp3) is 0.350. The van der Waals surface area contributed by atoms with E-state index in [-0.39, 0.29) is 11.9 Å². The molecule has 1 unspecified atom stereocenters. The van der Waals surface area contributed by atoms with Gasteiger partial charge in [-0.05, 0) is 55.2 Å². The molecule has 2 aromatic rings. The predicted molar refractivity (Wildman–Crippen MR) is 92.0 cm³/mol. The number of rotatable bonds is 6. The lowest BCUT2D eigenvalue weighted by atomic mass is 9.87. The van der Waals surface area contributed by atoms with Crippen LogP contribution in [0.15, 0.2) is 42.5 Å². The number of ether oxygens (including phenoxy) is 2. The Balaban J connectivity index is 2.37. The van der Waals surface area contributed by atoms with E-state index in [2.05, 4.69) is 32.0 Å². The summed E-state index contributed by atoms with van der Waals surface area (Å²) in [6, 6.07) is 14.2. The molecule has 0 aliphatic heterocycles. The molecule has 3 nitrogen and oxygen atoms in total. The summed E-state index contributed by atoms with van der Waals surface area (Å²) in [5, 5.41) is 0. The highest BCUT2D eigenvalue weighted by molar-refractivity contribution is 5.71. The van der Waals surface area contributed by atoms with Crippen molar-refractivity contribution in [3.8, 4) is 5.75 Å². The van der Waals surface area contributed by atoms with Crippen LogP contribution in [0.1, 0.15) is 41.5 Å². The minimum absolute atomic E-state index is 0.0146. The van der Waals surface area contributed by atoms with Crippen molar-refractivity contribution in [2.45, 2.75) is 33.1 Å². The fourth-order valence-electron chi connectivity index (χ4n) is 2.63. The van der Waals surface area contributed by atoms with Crippen molar-refractivity contribution < 1.29 is 14.3 Å². The van der Waals surface area contributed by atoms with Gasteiger partial charge in [-0.2, -0.15) is 0 Å². The molecule has 122 valence electrons. The zero-order valence-corrected chi connectivity index (χ0v) is 14.3. The highest BCUT2D eigenvalue weighted by atomic mass is 16.5. The number of benzene rings is 2. The topological polar surface area (TPSA) is 35.5 Å². The van der Waals surface area contributed by atoms with Gasteiger partial charge >= 0.3 is 5.97 Å². The summed E-state index contributed by atoms with van der Waals surface area (Å²) in [7, 11) is 1.65. The van der Waals surface area contributed by atoms with Crippen molar-refractivity contribution >= 4 is 5.97 Å². The highest BCUT2D eigenvalue weighted by Crippen LogP contribution is 2.31. The molecule has 23 heavy (non-hydrogen) atoms. The van der Waals surface area contributed by atoms with E-state index in [4.69, 9.17) is 9.47 Å². The third-order valence-corrected chi connectivity index (χ3v) is 4.13. The molecule has 3 heteroatoms. The van der Waals surface area contributed by atoms with Gasteiger partial charge in [0.2, 0.25) is 0 Å². The van der Waals surface area contributed by atoms with E-state index in [1.165, 1.54) is 11.1 Å². The molecule has 0 spiro atoms. The SMILES string of the molecule is CCOC(=O)CC(c1ccc(OC)cc1)c1ccc(C)c(C)c1. The molecular formula is C20H24O3. The van der Waals surface area contributed by atoms with E-state index >= 15 is 0 Å². The van der Waals surface area contributed by atoms with Crippen molar-refractivity contribution in [2.24, 2.45) is 0 Å².